The summed E-state index contributed by atoms with van der Waals surface area (Å²) in [5.41, 5.74) is 2.49. The van der Waals surface area contributed by atoms with Crippen LogP contribution in [0.1, 0.15) is 5.56 Å². The molecule has 0 aliphatic heterocycles. The van der Waals surface area contributed by atoms with E-state index in [1.54, 1.807) is 0 Å². The summed E-state index contributed by atoms with van der Waals surface area (Å²) in [6, 6.07) is 8.48. The number of aryl methyl sites for hydroxylation is 2. The Morgan fingerprint density at radius 3 is 2.29 bits per heavy atom. The lowest BCUT2D eigenvalue weighted by molar-refractivity contribution is -0.670. The normalized spacial score (nSPS) is 9.57. The Bertz CT molecular complexity index is 403. The Morgan fingerprint density at radius 1 is 1.14 bits per heavy atom. The molecule has 1 heterocycles. The van der Waals surface area contributed by atoms with Gasteiger partial charge in [-0.15, -0.1) is 0 Å². The minimum absolute atomic E-state index is 0. The molecule has 74 valence electrons. The molecule has 2 nitrogen and oxygen atoms in total. The topological polar surface area (TPSA) is 8.81 Å². The molecule has 0 N–H and O–H groups in total. The SMILES string of the molecule is Cc1ccc(-n2cc[n+](C)c2)cc1.[I-]. The number of halogens is 1. The summed E-state index contributed by atoms with van der Waals surface area (Å²) in [4.78, 5) is 0. The number of imidazole rings is 1. The molecule has 3 heteroatoms. The number of benzene rings is 1. The third-order valence-corrected chi connectivity index (χ3v) is 2.10. The largest absolute Gasteiger partial charge is 1.00 e. The number of nitrogens with zero attached hydrogens (tertiary/aromatic N) is 2. The Morgan fingerprint density at radius 2 is 1.79 bits per heavy atom. The van der Waals surface area contributed by atoms with Gasteiger partial charge in [-0.3, -0.25) is 0 Å². The van der Waals surface area contributed by atoms with Crippen LogP contribution in [0, 0.1) is 6.92 Å². The molecule has 0 amide bonds. The van der Waals surface area contributed by atoms with Gasteiger partial charge in [0.15, 0.2) is 0 Å². The summed E-state index contributed by atoms with van der Waals surface area (Å²) in [5.74, 6) is 0. The highest BCUT2D eigenvalue weighted by molar-refractivity contribution is 5.33. The van der Waals surface area contributed by atoms with Crippen molar-refractivity contribution in [3.63, 3.8) is 0 Å². The average Bonchev–Trinajstić information content (AvgIpc) is 2.53. The van der Waals surface area contributed by atoms with Crippen molar-refractivity contribution in [1.29, 1.82) is 0 Å². The average molecular weight is 300 g/mol. The zero-order chi connectivity index (χ0) is 9.26. The van der Waals surface area contributed by atoms with Crippen molar-refractivity contribution in [1.82, 2.24) is 4.57 Å². The lowest BCUT2D eigenvalue weighted by Gasteiger charge is -1.95. The van der Waals surface area contributed by atoms with Crippen molar-refractivity contribution in [3.05, 3.63) is 48.5 Å². The van der Waals surface area contributed by atoms with Crippen LogP contribution in [0.15, 0.2) is 43.0 Å². The van der Waals surface area contributed by atoms with Crippen LogP contribution in [-0.4, -0.2) is 4.57 Å². The molecule has 0 unspecified atom stereocenters. The van der Waals surface area contributed by atoms with E-state index in [4.69, 9.17) is 0 Å². The van der Waals surface area contributed by atoms with E-state index < -0.39 is 0 Å². The molecule has 2 aromatic rings. The molecule has 0 bridgehead atoms. The quantitative estimate of drug-likeness (QED) is 0.453. The lowest BCUT2D eigenvalue weighted by Crippen LogP contribution is -3.00. The van der Waals surface area contributed by atoms with E-state index in [0.29, 0.717) is 0 Å². The van der Waals surface area contributed by atoms with Crippen LogP contribution in [0.4, 0.5) is 0 Å². The van der Waals surface area contributed by atoms with E-state index in [1.165, 1.54) is 11.3 Å². The first-order valence-electron chi connectivity index (χ1n) is 4.36. The predicted molar refractivity (Wildman–Crippen MR) is 51.7 cm³/mol. The Balaban J connectivity index is 0.000000980. The standard InChI is InChI=1S/C11H13N2.HI/c1-10-3-5-11(6-4-10)13-8-7-12(2)9-13;/h3-9H,1-2H3;1H/q+1;/p-1. The fourth-order valence-corrected chi connectivity index (χ4v) is 1.32. The third kappa shape index (κ3) is 2.35. The molecule has 0 spiro atoms. The maximum absolute atomic E-state index is 2.12. The molecule has 0 atom stereocenters. The summed E-state index contributed by atoms with van der Waals surface area (Å²) in [5, 5.41) is 0. The van der Waals surface area contributed by atoms with Gasteiger partial charge in [0, 0.05) is 0 Å². The van der Waals surface area contributed by atoms with Gasteiger partial charge in [-0.25, -0.2) is 9.13 Å². The van der Waals surface area contributed by atoms with Gasteiger partial charge in [0.25, 0.3) is 0 Å². The second-order valence-corrected chi connectivity index (χ2v) is 3.32. The molecule has 1 aromatic carbocycles. The van der Waals surface area contributed by atoms with Gasteiger partial charge in [0.2, 0.25) is 6.33 Å². The number of hydrogen-bond acceptors (Lipinski definition) is 0. The van der Waals surface area contributed by atoms with Crippen LogP contribution in [0.3, 0.4) is 0 Å². The van der Waals surface area contributed by atoms with Crippen LogP contribution >= 0.6 is 0 Å². The Kier molecular flexibility index (Phi) is 3.69. The van der Waals surface area contributed by atoms with E-state index in [0.717, 1.165) is 0 Å². The van der Waals surface area contributed by atoms with Crippen molar-refractivity contribution >= 4 is 0 Å². The van der Waals surface area contributed by atoms with Gasteiger partial charge in [-0.05, 0) is 19.1 Å². The number of rotatable bonds is 1. The maximum atomic E-state index is 2.12. The first-order valence-corrected chi connectivity index (χ1v) is 4.36. The third-order valence-electron chi connectivity index (χ3n) is 2.10. The molecule has 2 rings (SSSR count). The smallest absolute Gasteiger partial charge is 0.248 e. The van der Waals surface area contributed by atoms with Crippen molar-refractivity contribution in [2.24, 2.45) is 7.05 Å². The monoisotopic (exact) mass is 300 g/mol. The summed E-state index contributed by atoms with van der Waals surface area (Å²) in [7, 11) is 2.02. The lowest BCUT2D eigenvalue weighted by atomic mass is 10.2. The Hall–Kier alpha value is -0.840. The van der Waals surface area contributed by atoms with Crippen LogP contribution in [-0.2, 0) is 7.05 Å². The van der Waals surface area contributed by atoms with Gasteiger partial charge in [0.05, 0.1) is 7.05 Å². The highest BCUT2D eigenvalue weighted by Gasteiger charge is 2.01. The van der Waals surface area contributed by atoms with Crippen LogP contribution in [0.2, 0.25) is 0 Å². The highest BCUT2D eigenvalue weighted by Crippen LogP contribution is 2.07. The van der Waals surface area contributed by atoms with Gasteiger partial charge in [0.1, 0.15) is 18.1 Å². The van der Waals surface area contributed by atoms with E-state index in [1.807, 2.05) is 30.3 Å². The number of hydrogen-bond donors (Lipinski definition) is 0. The molecule has 0 saturated heterocycles. The molecule has 0 aliphatic rings. The second-order valence-electron chi connectivity index (χ2n) is 3.32. The zero-order valence-corrected chi connectivity index (χ0v) is 10.5. The molecular formula is C11H13IN2. The molecule has 0 radical (unpaired) electrons. The fourth-order valence-electron chi connectivity index (χ4n) is 1.32. The van der Waals surface area contributed by atoms with Gasteiger partial charge in [-0.1, -0.05) is 17.7 Å². The van der Waals surface area contributed by atoms with Crippen molar-refractivity contribution in [3.8, 4) is 5.69 Å². The second kappa shape index (κ2) is 4.59. The molecule has 0 aliphatic carbocycles. The molecule has 14 heavy (non-hydrogen) atoms. The van der Waals surface area contributed by atoms with Crippen molar-refractivity contribution < 1.29 is 28.5 Å². The zero-order valence-electron chi connectivity index (χ0n) is 8.31. The van der Waals surface area contributed by atoms with Crippen LogP contribution in [0.5, 0.6) is 0 Å². The first-order chi connectivity index (χ1) is 6.25. The molecule has 1 aromatic heterocycles. The molecule has 0 saturated carbocycles. The number of aromatic nitrogens is 2. The van der Waals surface area contributed by atoms with Gasteiger partial charge >= 0.3 is 0 Å². The minimum atomic E-state index is 0. The summed E-state index contributed by atoms with van der Waals surface area (Å²) in [6.07, 6.45) is 6.12. The summed E-state index contributed by atoms with van der Waals surface area (Å²) >= 11 is 0. The van der Waals surface area contributed by atoms with E-state index >= 15 is 0 Å². The molecule has 0 fully saturated rings. The van der Waals surface area contributed by atoms with E-state index in [-0.39, 0.29) is 24.0 Å². The maximum Gasteiger partial charge on any atom is 0.248 e. The van der Waals surface area contributed by atoms with Crippen LogP contribution < -0.4 is 28.5 Å². The highest BCUT2D eigenvalue weighted by atomic mass is 127. The molecular weight excluding hydrogens is 287 g/mol. The predicted octanol–water partition coefficient (Wildman–Crippen LogP) is -1.39. The summed E-state index contributed by atoms with van der Waals surface area (Å²) in [6.45, 7) is 2.10. The summed E-state index contributed by atoms with van der Waals surface area (Å²) < 4.78 is 4.12. The van der Waals surface area contributed by atoms with E-state index in [2.05, 4.69) is 35.8 Å². The van der Waals surface area contributed by atoms with Crippen molar-refractivity contribution in [2.45, 2.75) is 6.92 Å². The Labute approximate surface area is 101 Å². The first kappa shape index (κ1) is 11.2. The van der Waals surface area contributed by atoms with E-state index in [9.17, 15) is 0 Å². The minimum Gasteiger partial charge on any atom is -1.00 e. The van der Waals surface area contributed by atoms with Gasteiger partial charge < -0.3 is 24.0 Å². The van der Waals surface area contributed by atoms with Crippen molar-refractivity contribution in [2.75, 3.05) is 0 Å². The van der Waals surface area contributed by atoms with Gasteiger partial charge in [-0.2, -0.15) is 0 Å². The van der Waals surface area contributed by atoms with Crippen LogP contribution in [0.25, 0.3) is 5.69 Å². The fraction of sp³-hybridized carbons (Fsp3) is 0.182.